The van der Waals surface area contributed by atoms with Crippen molar-refractivity contribution in [2.24, 2.45) is 5.92 Å². The quantitative estimate of drug-likeness (QED) is 0.656. The molecule has 0 saturated carbocycles. The number of hydrogen-bond donors (Lipinski definition) is 1. The number of hydrogen-bond acceptors (Lipinski definition) is 5. The molecular weight excluding hydrogens is 354 g/mol. The van der Waals surface area contributed by atoms with Crippen molar-refractivity contribution in [3.8, 4) is 0 Å². The highest BCUT2D eigenvalue weighted by molar-refractivity contribution is 7.12. The van der Waals surface area contributed by atoms with Crippen LogP contribution in [0.5, 0.6) is 0 Å². The zero-order valence-electron chi connectivity index (χ0n) is 14.3. The molecular formula is C18H19N3O4S. The fourth-order valence-electron chi connectivity index (χ4n) is 3.09. The number of carbonyl (C=O) groups excluding carboxylic acids is 2. The van der Waals surface area contributed by atoms with E-state index in [1.54, 1.807) is 30.0 Å². The molecule has 3 rings (SSSR count). The first-order valence-electron chi connectivity index (χ1n) is 8.35. The zero-order chi connectivity index (χ0) is 18.7. The monoisotopic (exact) mass is 373 g/mol. The van der Waals surface area contributed by atoms with Crippen LogP contribution in [0.15, 0.2) is 35.7 Å². The molecule has 0 radical (unpaired) electrons. The molecule has 26 heavy (non-hydrogen) atoms. The average molecular weight is 373 g/mol. The first-order valence-corrected chi connectivity index (χ1v) is 9.23. The first-order chi connectivity index (χ1) is 12.5. The van der Waals surface area contributed by atoms with Crippen molar-refractivity contribution in [2.45, 2.75) is 19.8 Å². The molecule has 1 fully saturated rings. The van der Waals surface area contributed by atoms with Crippen LogP contribution in [0.2, 0.25) is 0 Å². The van der Waals surface area contributed by atoms with E-state index < -0.39 is 4.92 Å². The summed E-state index contributed by atoms with van der Waals surface area (Å²) in [4.78, 5) is 37.9. The van der Waals surface area contributed by atoms with Gasteiger partial charge in [-0.05, 0) is 37.3 Å². The van der Waals surface area contributed by atoms with E-state index in [-0.39, 0.29) is 23.4 Å². The van der Waals surface area contributed by atoms with Gasteiger partial charge in [0.05, 0.1) is 21.1 Å². The summed E-state index contributed by atoms with van der Waals surface area (Å²) in [5.41, 5.74) is 0.886. The van der Waals surface area contributed by atoms with Gasteiger partial charge in [0, 0.05) is 25.1 Å². The van der Waals surface area contributed by atoms with Crippen molar-refractivity contribution in [1.82, 2.24) is 4.90 Å². The summed E-state index contributed by atoms with van der Waals surface area (Å²) in [6.07, 6.45) is 1.16. The van der Waals surface area contributed by atoms with Crippen molar-refractivity contribution in [2.75, 3.05) is 18.4 Å². The van der Waals surface area contributed by atoms with Gasteiger partial charge in [-0.3, -0.25) is 19.7 Å². The van der Waals surface area contributed by atoms with Crippen molar-refractivity contribution in [1.29, 1.82) is 0 Å². The minimum Gasteiger partial charge on any atom is -0.338 e. The fourth-order valence-corrected chi connectivity index (χ4v) is 3.78. The number of piperidine rings is 1. The number of thiophene rings is 1. The second-order valence-corrected chi connectivity index (χ2v) is 7.19. The molecule has 2 amide bonds. The van der Waals surface area contributed by atoms with Gasteiger partial charge < -0.3 is 10.2 Å². The number of carbonyl (C=O) groups is 2. The normalized spacial score (nSPS) is 14.9. The molecule has 136 valence electrons. The number of benzene rings is 1. The number of likely N-dealkylation sites (tertiary alicyclic amines) is 1. The van der Waals surface area contributed by atoms with E-state index in [9.17, 15) is 19.7 Å². The van der Waals surface area contributed by atoms with Gasteiger partial charge in [-0.2, -0.15) is 0 Å². The minimum absolute atomic E-state index is 0.00777. The molecule has 0 unspecified atom stereocenters. The van der Waals surface area contributed by atoms with E-state index >= 15 is 0 Å². The van der Waals surface area contributed by atoms with Gasteiger partial charge in [0.2, 0.25) is 5.91 Å². The summed E-state index contributed by atoms with van der Waals surface area (Å²) in [6, 6.07) is 8.29. The number of nitro groups is 1. The molecule has 2 heterocycles. The topological polar surface area (TPSA) is 92.6 Å². The van der Waals surface area contributed by atoms with Crippen LogP contribution in [-0.2, 0) is 4.79 Å². The molecule has 0 atom stereocenters. The highest BCUT2D eigenvalue weighted by Crippen LogP contribution is 2.27. The van der Waals surface area contributed by atoms with E-state index in [1.165, 1.54) is 17.4 Å². The second-order valence-electron chi connectivity index (χ2n) is 6.24. The summed E-state index contributed by atoms with van der Waals surface area (Å²) < 4.78 is 0. The number of nitrogens with one attached hydrogen (secondary N) is 1. The molecule has 1 aromatic carbocycles. The Morgan fingerprint density at radius 2 is 1.96 bits per heavy atom. The third kappa shape index (κ3) is 3.75. The highest BCUT2D eigenvalue weighted by atomic mass is 32.1. The van der Waals surface area contributed by atoms with Crippen LogP contribution < -0.4 is 5.32 Å². The van der Waals surface area contributed by atoms with Crippen molar-refractivity contribution in [3.05, 3.63) is 56.3 Å². The van der Waals surface area contributed by atoms with E-state index in [0.717, 1.165) is 0 Å². The lowest BCUT2D eigenvalue weighted by molar-refractivity contribution is -0.385. The second kappa shape index (κ2) is 7.65. The predicted octanol–water partition coefficient (Wildman–Crippen LogP) is 3.46. The van der Waals surface area contributed by atoms with E-state index in [2.05, 4.69) is 5.32 Å². The summed E-state index contributed by atoms with van der Waals surface area (Å²) in [5, 5.41) is 15.7. The van der Waals surface area contributed by atoms with Gasteiger partial charge in [-0.25, -0.2) is 0 Å². The first kappa shape index (κ1) is 18.1. The van der Waals surface area contributed by atoms with Gasteiger partial charge in [0.1, 0.15) is 0 Å². The number of nitro benzene ring substituents is 1. The average Bonchev–Trinajstić information content (AvgIpc) is 3.17. The third-order valence-corrected chi connectivity index (χ3v) is 5.50. The number of anilines is 1. The Morgan fingerprint density at radius 1 is 1.23 bits per heavy atom. The van der Waals surface area contributed by atoms with Crippen LogP contribution in [0.1, 0.15) is 28.1 Å². The van der Waals surface area contributed by atoms with Crippen LogP contribution in [0.25, 0.3) is 0 Å². The highest BCUT2D eigenvalue weighted by Gasteiger charge is 2.28. The van der Waals surface area contributed by atoms with Crippen LogP contribution in [0, 0.1) is 23.0 Å². The molecule has 2 aromatic rings. The zero-order valence-corrected chi connectivity index (χ0v) is 15.1. The van der Waals surface area contributed by atoms with Crippen molar-refractivity contribution >= 4 is 34.5 Å². The number of amides is 2. The summed E-state index contributed by atoms with van der Waals surface area (Å²) in [7, 11) is 0. The van der Waals surface area contributed by atoms with E-state index in [1.807, 2.05) is 11.4 Å². The maximum Gasteiger partial charge on any atom is 0.274 e. The lowest BCUT2D eigenvalue weighted by atomic mass is 9.95. The maximum atomic E-state index is 12.5. The lowest BCUT2D eigenvalue weighted by Crippen LogP contribution is -2.41. The standard InChI is InChI=1S/C18H19N3O4S/c1-12-14(4-2-5-15(12)21(24)25)19-17(22)13-7-9-20(10-8-13)18(23)16-6-3-11-26-16/h2-6,11,13H,7-10H2,1H3,(H,19,22). The molecule has 1 aromatic heterocycles. The van der Waals surface area contributed by atoms with Crippen molar-refractivity contribution in [3.63, 3.8) is 0 Å². The van der Waals surface area contributed by atoms with Crippen LogP contribution in [0.3, 0.4) is 0 Å². The van der Waals surface area contributed by atoms with E-state index in [4.69, 9.17) is 0 Å². The molecule has 7 nitrogen and oxygen atoms in total. The van der Waals surface area contributed by atoms with Crippen LogP contribution >= 0.6 is 11.3 Å². The van der Waals surface area contributed by atoms with Crippen LogP contribution in [0.4, 0.5) is 11.4 Å². The Labute approximate surface area is 154 Å². The number of rotatable bonds is 4. The minimum atomic E-state index is -0.459. The maximum absolute atomic E-state index is 12.5. The molecule has 0 aliphatic carbocycles. The fraction of sp³-hybridized carbons (Fsp3) is 0.333. The Bertz CT molecular complexity index is 827. The third-order valence-electron chi connectivity index (χ3n) is 4.64. The number of nitrogens with zero attached hydrogens (tertiary/aromatic N) is 2. The Morgan fingerprint density at radius 3 is 2.58 bits per heavy atom. The molecule has 0 bridgehead atoms. The summed E-state index contributed by atoms with van der Waals surface area (Å²) in [5.74, 6) is -0.355. The van der Waals surface area contributed by atoms with E-state index in [0.29, 0.717) is 42.1 Å². The van der Waals surface area contributed by atoms with Gasteiger partial charge in [0.15, 0.2) is 0 Å². The van der Waals surface area contributed by atoms with Gasteiger partial charge in [-0.1, -0.05) is 12.1 Å². The Hall–Kier alpha value is -2.74. The molecule has 1 aliphatic rings. The molecule has 1 aliphatic heterocycles. The van der Waals surface area contributed by atoms with Crippen LogP contribution in [-0.4, -0.2) is 34.7 Å². The molecule has 8 heteroatoms. The van der Waals surface area contributed by atoms with Gasteiger partial charge in [0.25, 0.3) is 11.6 Å². The Kier molecular flexibility index (Phi) is 5.32. The predicted molar refractivity (Wildman–Crippen MR) is 99.4 cm³/mol. The summed E-state index contributed by atoms with van der Waals surface area (Å²) in [6.45, 7) is 2.68. The summed E-state index contributed by atoms with van der Waals surface area (Å²) >= 11 is 1.41. The van der Waals surface area contributed by atoms with Crippen molar-refractivity contribution < 1.29 is 14.5 Å². The smallest absolute Gasteiger partial charge is 0.274 e. The SMILES string of the molecule is Cc1c(NC(=O)C2CCN(C(=O)c3cccs3)CC2)cccc1[N+](=O)[O-]. The van der Waals surface area contributed by atoms with Gasteiger partial charge in [-0.15, -0.1) is 11.3 Å². The van der Waals surface area contributed by atoms with Gasteiger partial charge >= 0.3 is 0 Å². The molecule has 1 saturated heterocycles. The largest absolute Gasteiger partial charge is 0.338 e. The Balaban J connectivity index is 1.60. The molecule has 0 spiro atoms. The molecule has 1 N–H and O–H groups in total. The lowest BCUT2D eigenvalue weighted by Gasteiger charge is -2.31.